The summed E-state index contributed by atoms with van der Waals surface area (Å²) in [6.45, 7) is 0.763. The van der Waals surface area contributed by atoms with Crippen molar-refractivity contribution in [2.75, 3.05) is 6.61 Å². The number of fused-ring (bicyclic) bond motifs is 1. The van der Waals surface area contributed by atoms with Gasteiger partial charge in [-0.15, -0.1) is 0 Å². The smallest absolute Gasteiger partial charge is 0.308 e. The quantitative estimate of drug-likeness (QED) is 0.675. The van der Waals surface area contributed by atoms with E-state index in [4.69, 9.17) is 14.2 Å². The highest BCUT2D eigenvalue weighted by molar-refractivity contribution is 5.72. The predicted octanol–water partition coefficient (Wildman–Crippen LogP) is 1.97. The minimum Gasteiger partial charge on any atom is -0.433 e. The molecule has 2 heterocycles. The first kappa shape index (κ1) is 10.5. The third kappa shape index (κ3) is 1.74. The maximum atomic E-state index is 11.4. The molecule has 2 saturated heterocycles. The Hall–Kier alpha value is -0.610. The molecule has 3 rings (SSSR count). The third-order valence-corrected chi connectivity index (χ3v) is 3.87. The summed E-state index contributed by atoms with van der Waals surface area (Å²) in [6, 6.07) is 0. The van der Waals surface area contributed by atoms with Crippen molar-refractivity contribution < 1.29 is 19.0 Å². The molecule has 3 fully saturated rings. The molecule has 0 radical (unpaired) electrons. The molecule has 16 heavy (non-hydrogen) atoms. The average Bonchev–Trinajstić information content (AvgIpc) is 2.74. The maximum absolute atomic E-state index is 11.4. The van der Waals surface area contributed by atoms with Crippen molar-refractivity contribution in [1.82, 2.24) is 0 Å². The summed E-state index contributed by atoms with van der Waals surface area (Å²) in [5.41, 5.74) is 0. The second-order valence-electron chi connectivity index (χ2n) is 4.99. The van der Waals surface area contributed by atoms with Gasteiger partial charge >= 0.3 is 5.97 Å². The zero-order valence-electron chi connectivity index (χ0n) is 9.44. The highest BCUT2D eigenvalue weighted by Gasteiger charge is 2.54. The number of rotatable bonds is 2. The number of carbonyl (C=O) groups excluding carboxylic acids is 1. The molecule has 0 bridgehead atoms. The van der Waals surface area contributed by atoms with Crippen molar-refractivity contribution in [2.45, 2.75) is 57.0 Å². The molecule has 90 valence electrons. The van der Waals surface area contributed by atoms with E-state index in [1.165, 1.54) is 0 Å². The Balaban J connectivity index is 1.69. The van der Waals surface area contributed by atoms with E-state index in [0.29, 0.717) is 6.42 Å². The van der Waals surface area contributed by atoms with Crippen molar-refractivity contribution in [3.63, 3.8) is 0 Å². The van der Waals surface area contributed by atoms with Crippen molar-refractivity contribution >= 4 is 5.97 Å². The normalized spacial score (nSPS) is 43.1. The second kappa shape index (κ2) is 4.00. The van der Waals surface area contributed by atoms with E-state index in [9.17, 15) is 4.79 Å². The van der Waals surface area contributed by atoms with E-state index in [0.717, 1.165) is 45.1 Å². The number of hydrogen-bond donors (Lipinski definition) is 0. The average molecular weight is 226 g/mol. The molecule has 1 saturated carbocycles. The standard InChI is InChI=1S/C12H18O4/c13-10-8-9-4-3-6-12(9,15-10)16-11-5-1-2-7-14-11/h9,11H,1-8H2. The van der Waals surface area contributed by atoms with E-state index in [1.54, 1.807) is 0 Å². The van der Waals surface area contributed by atoms with Crippen LogP contribution in [0.4, 0.5) is 0 Å². The van der Waals surface area contributed by atoms with Crippen LogP contribution in [0.15, 0.2) is 0 Å². The lowest BCUT2D eigenvalue weighted by molar-refractivity contribution is -0.301. The van der Waals surface area contributed by atoms with Crippen molar-refractivity contribution in [1.29, 1.82) is 0 Å². The summed E-state index contributed by atoms with van der Waals surface area (Å²) >= 11 is 0. The molecule has 2 aliphatic heterocycles. The first-order valence-electron chi connectivity index (χ1n) is 6.30. The van der Waals surface area contributed by atoms with Crippen LogP contribution in [0, 0.1) is 5.92 Å². The van der Waals surface area contributed by atoms with Crippen LogP contribution in [0.3, 0.4) is 0 Å². The molecular formula is C12H18O4. The third-order valence-electron chi connectivity index (χ3n) is 3.87. The molecule has 0 spiro atoms. The highest BCUT2D eigenvalue weighted by Crippen LogP contribution is 2.47. The van der Waals surface area contributed by atoms with E-state index < -0.39 is 5.79 Å². The fourth-order valence-electron chi connectivity index (χ4n) is 3.05. The van der Waals surface area contributed by atoms with Gasteiger partial charge in [-0.1, -0.05) is 0 Å². The van der Waals surface area contributed by atoms with Gasteiger partial charge in [0.2, 0.25) is 5.79 Å². The van der Waals surface area contributed by atoms with Gasteiger partial charge in [0.15, 0.2) is 6.29 Å². The van der Waals surface area contributed by atoms with Crippen molar-refractivity contribution in [3.8, 4) is 0 Å². The first-order chi connectivity index (χ1) is 7.78. The molecule has 3 atom stereocenters. The number of carbonyl (C=O) groups is 1. The van der Waals surface area contributed by atoms with Crippen LogP contribution in [0.2, 0.25) is 0 Å². The van der Waals surface area contributed by atoms with Gasteiger partial charge in [-0.2, -0.15) is 0 Å². The SMILES string of the molecule is O=C1CC2CCCC2(OC2CCCCO2)O1. The van der Waals surface area contributed by atoms with E-state index in [1.807, 2.05) is 0 Å². The van der Waals surface area contributed by atoms with Crippen molar-refractivity contribution in [3.05, 3.63) is 0 Å². The van der Waals surface area contributed by atoms with Gasteiger partial charge in [0.25, 0.3) is 0 Å². The van der Waals surface area contributed by atoms with E-state index in [-0.39, 0.29) is 18.2 Å². The molecule has 0 aromatic rings. The Labute approximate surface area is 95.2 Å². The second-order valence-corrected chi connectivity index (χ2v) is 4.99. The highest BCUT2D eigenvalue weighted by atomic mass is 16.8. The Morgan fingerprint density at radius 3 is 3.00 bits per heavy atom. The fraction of sp³-hybridized carbons (Fsp3) is 0.917. The summed E-state index contributed by atoms with van der Waals surface area (Å²) in [7, 11) is 0. The Kier molecular flexibility index (Phi) is 2.64. The Morgan fingerprint density at radius 1 is 1.25 bits per heavy atom. The molecule has 3 aliphatic rings. The lowest BCUT2D eigenvalue weighted by atomic mass is 10.0. The lowest BCUT2D eigenvalue weighted by Gasteiger charge is -2.33. The van der Waals surface area contributed by atoms with Gasteiger partial charge < -0.3 is 14.2 Å². The zero-order chi connectivity index (χ0) is 11.0. The molecule has 0 N–H and O–H groups in total. The van der Waals surface area contributed by atoms with Crippen molar-refractivity contribution in [2.24, 2.45) is 5.92 Å². The maximum Gasteiger partial charge on any atom is 0.308 e. The lowest BCUT2D eigenvalue weighted by Crippen LogP contribution is -2.40. The monoisotopic (exact) mass is 226 g/mol. The topological polar surface area (TPSA) is 44.8 Å². The number of esters is 1. The molecular weight excluding hydrogens is 208 g/mol. The summed E-state index contributed by atoms with van der Waals surface area (Å²) < 4.78 is 17.0. The minimum atomic E-state index is -0.640. The van der Waals surface area contributed by atoms with Crippen LogP contribution >= 0.6 is 0 Å². The van der Waals surface area contributed by atoms with Gasteiger partial charge in [0.1, 0.15) is 0 Å². The molecule has 0 amide bonds. The van der Waals surface area contributed by atoms with Crippen LogP contribution < -0.4 is 0 Å². The minimum absolute atomic E-state index is 0.111. The molecule has 0 aromatic heterocycles. The Bertz CT molecular complexity index is 285. The summed E-state index contributed by atoms with van der Waals surface area (Å²) in [6.07, 6.45) is 6.49. The van der Waals surface area contributed by atoms with Crippen LogP contribution in [-0.2, 0) is 19.0 Å². The van der Waals surface area contributed by atoms with Gasteiger partial charge in [-0.3, -0.25) is 4.79 Å². The van der Waals surface area contributed by atoms with Crippen LogP contribution in [0.25, 0.3) is 0 Å². The van der Waals surface area contributed by atoms with Crippen LogP contribution in [-0.4, -0.2) is 24.7 Å². The largest absolute Gasteiger partial charge is 0.433 e. The van der Waals surface area contributed by atoms with Gasteiger partial charge in [-0.05, 0) is 32.1 Å². The molecule has 4 heteroatoms. The first-order valence-corrected chi connectivity index (χ1v) is 6.30. The van der Waals surface area contributed by atoms with Gasteiger partial charge in [-0.25, -0.2) is 0 Å². The van der Waals surface area contributed by atoms with Gasteiger partial charge in [0.05, 0.1) is 6.42 Å². The predicted molar refractivity (Wildman–Crippen MR) is 55.5 cm³/mol. The summed E-state index contributed by atoms with van der Waals surface area (Å²) in [5.74, 6) is -0.495. The summed E-state index contributed by atoms with van der Waals surface area (Å²) in [5, 5.41) is 0. The number of hydrogen-bond acceptors (Lipinski definition) is 4. The van der Waals surface area contributed by atoms with E-state index in [2.05, 4.69) is 0 Å². The molecule has 4 nitrogen and oxygen atoms in total. The van der Waals surface area contributed by atoms with Gasteiger partial charge in [0, 0.05) is 18.9 Å². The molecule has 3 unspecified atom stereocenters. The van der Waals surface area contributed by atoms with E-state index >= 15 is 0 Å². The molecule has 1 aliphatic carbocycles. The molecule has 0 aromatic carbocycles. The summed E-state index contributed by atoms with van der Waals surface area (Å²) in [4.78, 5) is 11.4. The zero-order valence-corrected chi connectivity index (χ0v) is 9.44. The fourth-order valence-corrected chi connectivity index (χ4v) is 3.05. The number of ether oxygens (including phenoxy) is 3. The Morgan fingerprint density at radius 2 is 2.19 bits per heavy atom. The van der Waals surface area contributed by atoms with Crippen LogP contribution in [0.5, 0.6) is 0 Å². The van der Waals surface area contributed by atoms with Crippen LogP contribution in [0.1, 0.15) is 44.9 Å².